The first-order valence-corrected chi connectivity index (χ1v) is 13.0. The maximum absolute atomic E-state index is 6.31. The topological polar surface area (TPSA) is 40.8 Å². The minimum absolute atomic E-state index is 0.438. The molecular formula is C35H28O4. The van der Waals surface area contributed by atoms with Crippen LogP contribution in [0.25, 0.3) is 22.3 Å². The van der Waals surface area contributed by atoms with Gasteiger partial charge in [0.2, 0.25) is 0 Å². The van der Waals surface area contributed by atoms with Crippen molar-refractivity contribution in [2.24, 2.45) is 0 Å². The molecule has 0 saturated carbocycles. The predicted octanol–water partition coefficient (Wildman–Crippen LogP) is 8.84. The van der Waals surface area contributed by atoms with Gasteiger partial charge < -0.3 is 18.6 Å². The Balaban J connectivity index is 1.26. The molecule has 5 aromatic carbocycles. The second-order valence-electron chi connectivity index (χ2n) is 9.29. The molecule has 6 rings (SSSR count). The Hall–Kier alpha value is -4.96. The molecule has 0 bridgehead atoms. The van der Waals surface area contributed by atoms with Crippen LogP contribution >= 0.6 is 0 Å². The second-order valence-corrected chi connectivity index (χ2v) is 9.29. The summed E-state index contributed by atoms with van der Waals surface area (Å²) < 4.78 is 24.7. The maximum atomic E-state index is 6.31. The number of hydrogen-bond acceptors (Lipinski definition) is 4. The lowest BCUT2D eigenvalue weighted by atomic mass is 10.1. The van der Waals surface area contributed by atoms with E-state index in [-0.39, 0.29) is 0 Å². The lowest BCUT2D eigenvalue weighted by molar-refractivity contribution is 0.290. The smallest absolute Gasteiger partial charge is 0.139 e. The monoisotopic (exact) mass is 512 g/mol. The van der Waals surface area contributed by atoms with Crippen molar-refractivity contribution in [3.05, 3.63) is 150 Å². The van der Waals surface area contributed by atoms with Crippen LogP contribution < -0.4 is 14.2 Å². The molecule has 0 atom stereocenters. The molecule has 0 unspecified atom stereocenters. The van der Waals surface area contributed by atoms with Crippen molar-refractivity contribution < 1.29 is 18.6 Å². The highest BCUT2D eigenvalue weighted by Crippen LogP contribution is 2.38. The summed E-state index contributed by atoms with van der Waals surface area (Å²) in [7, 11) is 0. The highest BCUT2D eigenvalue weighted by Gasteiger charge is 2.15. The average molecular weight is 513 g/mol. The molecule has 0 fully saturated rings. The van der Waals surface area contributed by atoms with E-state index in [0.717, 1.165) is 50.5 Å². The highest BCUT2D eigenvalue weighted by molar-refractivity contribution is 5.85. The minimum Gasteiger partial charge on any atom is -0.489 e. The van der Waals surface area contributed by atoms with Crippen LogP contribution in [0.15, 0.2) is 138 Å². The van der Waals surface area contributed by atoms with Gasteiger partial charge in [0.25, 0.3) is 0 Å². The number of fused-ring (bicyclic) bond motifs is 1. The molecule has 6 aromatic rings. The first-order valence-electron chi connectivity index (χ1n) is 13.0. The van der Waals surface area contributed by atoms with Crippen molar-refractivity contribution in [1.82, 2.24) is 0 Å². The number of benzene rings is 5. The molecule has 1 heterocycles. The number of hydrogen-bond donors (Lipinski definition) is 0. The van der Waals surface area contributed by atoms with E-state index in [0.29, 0.717) is 25.6 Å². The SMILES string of the molecule is c1ccc(COc2ccc(-c3cc4ccc(OCc5ccccc5)cc4o3)c(OCc3ccccc3)c2)cc1. The molecule has 0 aliphatic heterocycles. The van der Waals surface area contributed by atoms with Crippen LogP contribution in [0.1, 0.15) is 16.7 Å². The molecule has 1 aromatic heterocycles. The van der Waals surface area contributed by atoms with Crippen molar-refractivity contribution in [2.75, 3.05) is 0 Å². The molecule has 0 saturated heterocycles. The Kier molecular flexibility index (Phi) is 7.26. The van der Waals surface area contributed by atoms with Gasteiger partial charge in [-0.15, -0.1) is 0 Å². The molecule has 0 radical (unpaired) electrons. The van der Waals surface area contributed by atoms with Crippen molar-refractivity contribution >= 4 is 11.0 Å². The lowest BCUT2D eigenvalue weighted by Gasteiger charge is -2.13. The summed E-state index contributed by atoms with van der Waals surface area (Å²) >= 11 is 0. The largest absolute Gasteiger partial charge is 0.489 e. The summed E-state index contributed by atoms with van der Waals surface area (Å²) in [5.41, 5.74) is 4.93. The van der Waals surface area contributed by atoms with Crippen molar-refractivity contribution in [2.45, 2.75) is 19.8 Å². The average Bonchev–Trinajstić information content (AvgIpc) is 3.43. The fourth-order valence-electron chi connectivity index (χ4n) is 4.37. The standard InChI is InChI=1S/C35H28O4/c1-4-10-26(11-5-1)23-36-30-17-16-29-20-35(39-33(29)21-30)32-19-18-31(37-24-27-12-6-2-7-13-27)22-34(32)38-25-28-14-8-3-9-15-28/h1-22H,23-25H2. The first kappa shape index (κ1) is 24.4. The van der Waals surface area contributed by atoms with Crippen LogP contribution in [0.2, 0.25) is 0 Å². The Labute approximate surface area is 228 Å². The van der Waals surface area contributed by atoms with Crippen LogP contribution in [0.4, 0.5) is 0 Å². The summed E-state index contributed by atoms with van der Waals surface area (Å²) in [6.07, 6.45) is 0. The fourth-order valence-corrected chi connectivity index (χ4v) is 4.37. The molecule has 0 N–H and O–H groups in total. The van der Waals surface area contributed by atoms with Gasteiger partial charge in [0, 0.05) is 17.5 Å². The zero-order chi connectivity index (χ0) is 26.3. The van der Waals surface area contributed by atoms with Crippen LogP contribution in [-0.4, -0.2) is 0 Å². The summed E-state index contributed by atoms with van der Waals surface area (Å²) in [6, 6.07) is 44.2. The Morgan fingerprint density at radius 3 is 1.56 bits per heavy atom. The fraction of sp³-hybridized carbons (Fsp3) is 0.0857. The Morgan fingerprint density at radius 2 is 0.974 bits per heavy atom. The van der Waals surface area contributed by atoms with Gasteiger partial charge in [-0.25, -0.2) is 0 Å². The van der Waals surface area contributed by atoms with Gasteiger partial charge >= 0.3 is 0 Å². The number of ether oxygens (including phenoxy) is 3. The second kappa shape index (κ2) is 11.6. The predicted molar refractivity (Wildman–Crippen MR) is 154 cm³/mol. The van der Waals surface area contributed by atoms with E-state index in [9.17, 15) is 0 Å². The zero-order valence-electron chi connectivity index (χ0n) is 21.5. The van der Waals surface area contributed by atoms with Gasteiger partial charge in [0.05, 0.1) is 5.56 Å². The van der Waals surface area contributed by atoms with E-state index in [2.05, 4.69) is 0 Å². The number of furan rings is 1. The van der Waals surface area contributed by atoms with Gasteiger partial charge in [-0.2, -0.15) is 0 Å². The highest BCUT2D eigenvalue weighted by atomic mass is 16.5. The maximum Gasteiger partial charge on any atom is 0.139 e. The van der Waals surface area contributed by atoms with Crippen molar-refractivity contribution in [3.63, 3.8) is 0 Å². The van der Waals surface area contributed by atoms with E-state index < -0.39 is 0 Å². The lowest BCUT2D eigenvalue weighted by Crippen LogP contribution is -1.99. The molecule has 192 valence electrons. The Bertz CT molecular complexity index is 1640. The minimum atomic E-state index is 0.438. The van der Waals surface area contributed by atoms with Gasteiger partial charge in [-0.3, -0.25) is 0 Å². The molecule has 39 heavy (non-hydrogen) atoms. The zero-order valence-corrected chi connectivity index (χ0v) is 21.5. The molecule has 0 aliphatic carbocycles. The van der Waals surface area contributed by atoms with Crippen LogP contribution in [-0.2, 0) is 19.8 Å². The quantitative estimate of drug-likeness (QED) is 0.184. The molecule has 4 heteroatoms. The molecule has 4 nitrogen and oxygen atoms in total. The van der Waals surface area contributed by atoms with Crippen molar-refractivity contribution in [3.8, 4) is 28.6 Å². The van der Waals surface area contributed by atoms with Gasteiger partial charge in [-0.05, 0) is 47.0 Å². The van der Waals surface area contributed by atoms with Crippen LogP contribution in [0.3, 0.4) is 0 Å². The van der Waals surface area contributed by atoms with Gasteiger partial charge in [0.15, 0.2) is 0 Å². The van der Waals surface area contributed by atoms with Crippen LogP contribution in [0, 0.1) is 0 Å². The van der Waals surface area contributed by atoms with E-state index in [1.165, 1.54) is 0 Å². The van der Waals surface area contributed by atoms with Gasteiger partial charge in [0.1, 0.15) is 48.4 Å². The molecule has 0 amide bonds. The molecule has 0 aliphatic rings. The third kappa shape index (κ3) is 6.13. The summed E-state index contributed by atoms with van der Waals surface area (Å²) in [6.45, 7) is 1.42. The van der Waals surface area contributed by atoms with E-state index in [1.54, 1.807) is 0 Å². The third-order valence-corrected chi connectivity index (χ3v) is 6.44. The summed E-state index contributed by atoms with van der Waals surface area (Å²) in [5, 5.41) is 0.996. The van der Waals surface area contributed by atoms with Gasteiger partial charge in [-0.1, -0.05) is 91.0 Å². The summed E-state index contributed by atoms with van der Waals surface area (Å²) in [4.78, 5) is 0. The third-order valence-electron chi connectivity index (χ3n) is 6.44. The van der Waals surface area contributed by atoms with Crippen LogP contribution in [0.5, 0.6) is 17.2 Å². The Morgan fingerprint density at radius 1 is 0.462 bits per heavy atom. The van der Waals surface area contributed by atoms with E-state index in [4.69, 9.17) is 18.6 Å². The number of rotatable bonds is 10. The van der Waals surface area contributed by atoms with E-state index in [1.807, 2.05) is 133 Å². The molecule has 0 spiro atoms. The first-order chi connectivity index (χ1) is 19.3. The molecular weight excluding hydrogens is 484 g/mol. The normalized spacial score (nSPS) is 10.9. The van der Waals surface area contributed by atoms with E-state index >= 15 is 0 Å². The van der Waals surface area contributed by atoms with Crippen molar-refractivity contribution in [1.29, 1.82) is 0 Å². The summed E-state index contributed by atoms with van der Waals surface area (Å²) in [5.74, 6) is 2.92.